The Morgan fingerprint density at radius 1 is 0.786 bits per heavy atom. The fourth-order valence-corrected chi connectivity index (χ4v) is 6.61. The van der Waals surface area contributed by atoms with Crippen molar-refractivity contribution in [1.82, 2.24) is 4.98 Å². The molecular weight excluding hydrogens is 540 g/mol. The fourth-order valence-electron chi connectivity index (χ4n) is 6.09. The Bertz CT molecular complexity index is 1310. The van der Waals surface area contributed by atoms with Gasteiger partial charge < -0.3 is 24.9 Å². The van der Waals surface area contributed by atoms with E-state index >= 15 is 0 Å². The van der Waals surface area contributed by atoms with E-state index < -0.39 is 0 Å². The number of hydrogen-bond acceptors (Lipinski definition) is 5. The van der Waals surface area contributed by atoms with Crippen molar-refractivity contribution in [2.45, 2.75) is 81.7 Å². The molecule has 3 aromatic carbocycles. The van der Waals surface area contributed by atoms with Crippen molar-refractivity contribution in [3.8, 4) is 0 Å². The van der Waals surface area contributed by atoms with Crippen LogP contribution in [0.15, 0.2) is 91.1 Å². The molecule has 0 aliphatic carbocycles. The van der Waals surface area contributed by atoms with Crippen LogP contribution in [0.25, 0.3) is 10.9 Å². The number of fused-ring (bicyclic) bond motifs is 1. The molecule has 0 radical (unpaired) electrons. The van der Waals surface area contributed by atoms with Gasteiger partial charge in [-0.1, -0.05) is 105 Å². The van der Waals surface area contributed by atoms with E-state index in [1.54, 1.807) is 0 Å². The number of unbranched alkanes of at least 4 members (excludes halogenated alkanes) is 4. The SMILES string of the molecule is NCCCCCCC[C@H]1O[C@@H](OCCc2c[nH]c3ccccc23)C(Cc2ccccc2)[C@@H](S)[C@@H]1OCc1ccccc1. The highest BCUT2D eigenvalue weighted by Crippen LogP contribution is 2.37. The third-order valence-electron chi connectivity index (χ3n) is 8.42. The zero-order valence-electron chi connectivity index (χ0n) is 24.6. The van der Waals surface area contributed by atoms with E-state index in [1.165, 1.54) is 35.8 Å². The Morgan fingerprint density at radius 3 is 2.26 bits per heavy atom. The topological polar surface area (TPSA) is 69.5 Å². The number of H-pyrrole nitrogens is 1. The molecule has 0 saturated carbocycles. The van der Waals surface area contributed by atoms with Crippen LogP contribution in [0.2, 0.25) is 0 Å². The second-order valence-electron chi connectivity index (χ2n) is 11.5. The maximum atomic E-state index is 6.85. The van der Waals surface area contributed by atoms with Crippen LogP contribution in [0.1, 0.15) is 55.2 Å². The molecule has 5 rings (SSSR count). The predicted molar refractivity (Wildman–Crippen MR) is 175 cm³/mol. The molecule has 224 valence electrons. The van der Waals surface area contributed by atoms with Gasteiger partial charge in [-0.25, -0.2) is 0 Å². The number of nitrogens with two attached hydrogens (primary N) is 1. The molecule has 0 bridgehead atoms. The normalized spacial score (nSPS) is 22.5. The van der Waals surface area contributed by atoms with Gasteiger partial charge >= 0.3 is 0 Å². The number of aromatic amines is 1. The number of nitrogens with one attached hydrogen (secondary N) is 1. The van der Waals surface area contributed by atoms with Crippen LogP contribution < -0.4 is 5.73 Å². The van der Waals surface area contributed by atoms with E-state index in [9.17, 15) is 0 Å². The highest BCUT2D eigenvalue weighted by molar-refractivity contribution is 7.81. The van der Waals surface area contributed by atoms with E-state index in [1.807, 2.05) is 6.07 Å². The summed E-state index contributed by atoms with van der Waals surface area (Å²) < 4.78 is 20.1. The first kappa shape index (κ1) is 30.8. The Labute approximate surface area is 256 Å². The van der Waals surface area contributed by atoms with Crippen molar-refractivity contribution < 1.29 is 14.2 Å². The minimum atomic E-state index is -0.350. The monoisotopic (exact) mass is 586 g/mol. The van der Waals surface area contributed by atoms with Crippen LogP contribution in [-0.2, 0) is 33.7 Å². The fraction of sp³-hybridized carbons (Fsp3) is 0.444. The number of ether oxygens (including phenoxy) is 3. The summed E-state index contributed by atoms with van der Waals surface area (Å²) in [6.45, 7) is 1.89. The van der Waals surface area contributed by atoms with Gasteiger partial charge in [-0.05, 0) is 55.0 Å². The summed E-state index contributed by atoms with van der Waals surface area (Å²) in [7, 11) is 0. The number of aromatic nitrogens is 1. The number of hydrogen-bond donors (Lipinski definition) is 3. The van der Waals surface area contributed by atoms with Gasteiger partial charge in [0.05, 0.1) is 25.4 Å². The smallest absolute Gasteiger partial charge is 0.162 e. The van der Waals surface area contributed by atoms with Crippen molar-refractivity contribution in [1.29, 1.82) is 0 Å². The molecule has 1 aliphatic heterocycles. The standard InChI is InChI=1S/C36H46N2O3S/c37-22-13-3-1-2-10-20-33-34(40-26-28-16-8-5-9-17-28)35(42)31(24-27-14-6-4-7-15-27)36(41-33)39-23-21-29-25-38-32-19-12-11-18-30(29)32/h4-9,11-12,14-19,25,31,33-36,38,42H,1-3,10,13,20-24,26,37H2/t31?,33-,34-,35-,36-/m1/s1. The van der Waals surface area contributed by atoms with Crippen molar-refractivity contribution in [2.24, 2.45) is 11.7 Å². The molecule has 1 aromatic heterocycles. The molecule has 0 amide bonds. The Hall–Kier alpha value is -2.61. The van der Waals surface area contributed by atoms with Gasteiger partial charge in [0.15, 0.2) is 6.29 Å². The third-order valence-corrected chi connectivity index (χ3v) is 9.10. The zero-order chi connectivity index (χ0) is 29.0. The van der Waals surface area contributed by atoms with Crippen LogP contribution in [0.3, 0.4) is 0 Å². The summed E-state index contributed by atoms with van der Waals surface area (Å²) in [6, 6.07) is 29.4. The minimum absolute atomic E-state index is 0.0250. The average Bonchev–Trinajstić information content (AvgIpc) is 3.44. The van der Waals surface area contributed by atoms with Crippen molar-refractivity contribution >= 4 is 23.5 Å². The first-order valence-electron chi connectivity index (χ1n) is 15.6. The maximum absolute atomic E-state index is 6.85. The van der Waals surface area contributed by atoms with Gasteiger partial charge in [-0.15, -0.1) is 0 Å². The highest BCUT2D eigenvalue weighted by atomic mass is 32.1. The van der Waals surface area contributed by atoms with E-state index in [4.69, 9.17) is 32.6 Å². The van der Waals surface area contributed by atoms with Gasteiger partial charge in [0.2, 0.25) is 0 Å². The van der Waals surface area contributed by atoms with Gasteiger partial charge in [0.25, 0.3) is 0 Å². The molecular formula is C36H46N2O3S. The summed E-state index contributed by atoms with van der Waals surface area (Å²) in [6.07, 6.45) is 9.85. The average molecular weight is 587 g/mol. The summed E-state index contributed by atoms with van der Waals surface area (Å²) in [5.41, 5.74) is 10.5. The molecule has 5 nitrogen and oxygen atoms in total. The highest BCUT2D eigenvalue weighted by Gasteiger charge is 2.45. The lowest BCUT2D eigenvalue weighted by Gasteiger charge is -2.45. The van der Waals surface area contributed by atoms with E-state index in [0.29, 0.717) is 13.2 Å². The summed E-state index contributed by atoms with van der Waals surface area (Å²) in [5, 5.41) is 1.23. The van der Waals surface area contributed by atoms with Gasteiger partial charge in [0.1, 0.15) is 0 Å². The second-order valence-corrected chi connectivity index (χ2v) is 12.1. The molecule has 1 aliphatic rings. The van der Waals surface area contributed by atoms with Crippen LogP contribution in [0.4, 0.5) is 0 Å². The number of para-hydroxylation sites is 1. The molecule has 5 atom stereocenters. The largest absolute Gasteiger partial charge is 0.370 e. The van der Waals surface area contributed by atoms with Gasteiger partial charge in [-0.3, -0.25) is 0 Å². The lowest BCUT2D eigenvalue weighted by Crippen LogP contribution is -2.54. The Morgan fingerprint density at radius 2 is 1.48 bits per heavy atom. The molecule has 1 unspecified atom stereocenters. The minimum Gasteiger partial charge on any atom is -0.370 e. The molecule has 6 heteroatoms. The van der Waals surface area contributed by atoms with Gasteiger partial charge in [-0.2, -0.15) is 12.6 Å². The maximum Gasteiger partial charge on any atom is 0.162 e. The van der Waals surface area contributed by atoms with Crippen molar-refractivity contribution in [2.75, 3.05) is 13.2 Å². The Balaban J connectivity index is 1.30. The molecule has 2 heterocycles. The summed E-state index contributed by atoms with van der Waals surface area (Å²) in [4.78, 5) is 3.38. The second kappa shape index (κ2) is 16.3. The summed E-state index contributed by atoms with van der Waals surface area (Å²) >= 11 is 5.26. The zero-order valence-corrected chi connectivity index (χ0v) is 25.5. The third kappa shape index (κ3) is 8.48. The Kier molecular flexibility index (Phi) is 12.0. The van der Waals surface area contributed by atoms with Crippen LogP contribution in [0.5, 0.6) is 0 Å². The van der Waals surface area contributed by atoms with Crippen molar-refractivity contribution in [3.05, 3.63) is 108 Å². The van der Waals surface area contributed by atoms with E-state index in [0.717, 1.165) is 49.7 Å². The lowest BCUT2D eigenvalue weighted by molar-refractivity contribution is -0.255. The van der Waals surface area contributed by atoms with Gasteiger partial charge in [0, 0.05) is 28.3 Å². The molecule has 3 N–H and O–H groups in total. The van der Waals surface area contributed by atoms with Crippen molar-refractivity contribution in [3.63, 3.8) is 0 Å². The first-order chi connectivity index (χ1) is 20.7. The molecule has 1 fully saturated rings. The number of thiol groups is 1. The predicted octanol–water partition coefficient (Wildman–Crippen LogP) is 7.49. The van der Waals surface area contributed by atoms with E-state index in [2.05, 4.69) is 90.0 Å². The quantitative estimate of drug-likeness (QED) is 0.0940. The van der Waals surface area contributed by atoms with Crippen LogP contribution in [-0.4, -0.2) is 41.9 Å². The molecule has 0 spiro atoms. The number of benzene rings is 3. The number of rotatable bonds is 16. The van der Waals surface area contributed by atoms with Crippen LogP contribution >= 0.6 is 12.6 Å². The summed E-state index contributed by atoms with van der Waals surface area (Å²) in [5.74, 6) is 0.0558. The van der Waals surface area contributed by atoms with Crippen LogP contribution in [0, 0.1) is 5.92 Å². The molecule has 1 saturated heterocycles. The first-order valence-corrected chi connectivity index (χ1v) is 16.1. The molecule has 4 aromatic rings. The van der Waals surface area contributed by atoms with E-state index in [-0.39, 0.29) is 29.7 Å². The molecule has 42 heavy (non-hydrogen) atoms. The lowest BCUT2D eigenvalue weighted by atomic mass is 9.86.